The van der Waals surface area contributed by atoms with Crippen molar-refractivity contribution in [1.29, 1.82) is 0 Å². The van der Waals surface area contributed by atoms with Crippen molar-refractivity contribution in [3.8, 4) is 5.75 Å². The van der Waals surface area contributed by atoms with Crippen LogP contribution in [0.3, 0.4) is 0 Å². The molecule has 2 nitrogen and oxygen atoms in total. The summed E-state index contributed by atoms with van der Waals surface area (Å²) in [6, 6.07) is 14.7. The molecule has 0 aliphatic heterocycles. The third-order valence-electron chi connectivity index (χ3n) is 3.54. The highest BCUT2D eigenvalue weighted by molar-refractivity contribution is 5.31. The molecule has 2 aromatic rings. The Balaban J connectivity index is 2.12. The van der Waals surface area contributed by atoms with Gasteiger partial charge < -0.3 is 10.5 Å². The molecule has 2 atom stereocenters. The van der Waals surface area contributed by atoms with Gasteiger partial charge in [-0.2, -0.15) is 0 Å². The van der Waals surface area contributed by atoms with E-state index in [1.165, 1.54) is 12.1 Å². The minimum Gasteiger partial charge on any atom is -0.486 e. The van der Waals surface area contributed by atoms with Crippen LogP contribution in [0.5, 0.6) is 5.75 Å². The van der Waals surface area contributed by atoms with Gasteiger partial charge in [0.25, 0.3) is 0 Å². The van der Waals surface area contributed by atoms with Crippen molar-refractivity contribution in [2.45, 2.75) is 38.8 Å². The number of nitrogens with two attached hydrogens (primary N) is 1. The summed E-state index contributed by atoms with van der Waals surface area (Å²) < 4.78 is 19.6. The summed E-state index contributed by atoms with van der Waals surface area (Å²) in [4.78, 5) is 0. The molecular weight excluding hydrogens is 265 g/mol. The molecule has 0 fully saturated rings. The largest absolute Gasteiger partial charge is 0.486 e. The van der Waals surface area contributed by atoms with E-state index in [0.29, 0.717) is 12.2 Å². The second kappa shape index (κ2) is 7.23. The summed E-state index contributed by atoms with van der Waals surface area (Å²) in [7, 11) is 0. The van der Waals surface area contributed by atoms with Gasteiger partial charge in [-0.3, -0.25) is 0 Å². The molecule has 0 saturated heterocycles. The Kier molecular flexibility index (Phi) is 5.34. The smallest absolute Gasteiger partial charge is 0.127 e. The van der Waals surface area contributed by atoms with Crippen molar-refractivity contribution in [3.63, 3.8) is 0 Å². The fourth-order valence-electron chi connectivity index (χ4n) is 2.25. The molecule has 0 saturated carbocycles. The van der Waals surface area contributed by atoms with Crippen LogP contribution < -0.4 is 10.5 Å². The van der Waals surface area contributed by atoms with Crippen LogP contribution in [0, 0.1) is 5.82 Å². The lowest BCUT2D eigenvalue weighted by Gasteiger charge is -2.16. The SMILES string of the molecule is CCC(N)Cc1cc(F)cc(OC(C)c2ccccc2)c1. The van der Waals surface area contributed by atoms with E-state index in [9.17, 15) is 4.39 Å². The Labute approximate surface area is 125 Å². The van der Waals surface area contributed by atoms with Crippen molar-refractivity contribution < 1.29 is 9.13 Å². The highest BCUT2D eigenvalue weighted by Crippen LogP contribution is 2.24. The number of rotatable bonds is 6. The van der Waals surface area contributed by atoms with Gasteiger partial charge in [0.1, 0.15) is 17.7 Å². The topological polar surface area (TPSA) is 35.2 Å². The fraction of sp³-hybridized carbons (Fsp3) is 0.333. The van der Waals surface area contributed by atoms with Crippen LogP contribution in [0.4, 0.5) is 4.39 Å². The Bertz CT molecular complexity index is 571. The highest BCUT2D eigenvalue weighted by atomic mass is 19.1. The molecule has 0 aliphatic carbocycles. The number of halogens is 1. The molecule has 21 heavy (non-hydrogen) atoms. The van der Waals surface area contributed by atoms with Gasteiger partial charge in [0.15, 0.2) is 0 Å². The second-order valence-electron chi connectivity index (χ2n) is 5.34. The molecule has 2 unspecified atom stereocenters. The predicted octanol–water partition coefficient (Wildman–Crippen LogP) is 4.25. The van der Waals surface area contributed by atoms with Crippen molar-refractivity contribution in [2.24, 2.45) is 5.73 Å². The Morgan fingerprint density at radius 2 is 1.86 bits per heavy atom. The molecule has 2 N–H and O–H groups in total. The van der Waals surface area contributed by atoms with Gasteiger partial charge in [-0.1, -0.05) is 37.3 Å². The monoisotopic (exact) mass is 287 g/mol. The number of benzene rings is 2. The first-order valence-electron chi connectivity index (χ1n) is 7.35. The summed E-state index contributed by atoms with van der Waals surface area (Å²) >= 11 is 0. The summed E-state index contributed by atoms with van der Waals surface area (Å²) in [5.74, 6) is 0.260. The van der Waals surface area contributed by atoms with Crippen LogP contribution in [0.15, 0.2) is 48.5 Å². The number of hydrogen-bond donors (Lipinski definition) is 1. The van der Waals surface area contributed by atoms with E-state index in [1.54, 1.807) is 0 Å². The van der Waals surface area contributed by atoms with E-state index in [2.05, 4.69) is 0 Å². The average Bonchev–Trinajstić information content (AvgIpc) is 2.47. The molecule has 0 spiro atoms. The van der Waals surface area contributed by atoms with Crippen LogP contribution in [-0.4, -0.2) is 6.04 Å². The third kappa shape index (κ3) is 4.57. The maximum atomic E-state index is 13.7. The lowest BCUT2D eigenvalue weighted by atomic mass is 10.0. The lowest BCUT2D eigenvalue weighted by molar-refractivity contribution is 0.225. The zero-order valence-electron chi connectivity index (χ0n) is 12.6. The van der Waals surface area contributed by atoms with Crippen molar-refractivity contribution in [2.75, 3.05) is 0 Å². The zero-order chi connectivity index (χ0) is 15.2. The molecule has 0 radical (unpaired) electrons. The Morgan fingerprint density at radius 1 is 1.14 bits per heavy atom. The Hall–Kier alpha value is -1.87. The fourth-order valence-corrected chi connectivity index (χ4v) is 2.25. The average molecular weight is 287 g/mol. The zero-order valence-corrected chi connectivity index (χ0v) is 12.6. The normalized spacial score (nSPS) is 13.7. The van der Waals surface area contributed by atoms with E-state index >= 15 is 0 Å². The van der Waals surface area contributed by atoms with Gasteiger partial charge in [0.2, 0.25) is 0 Å². The first kappa shape index (κ1) is 15.5. The van der Waals surface area contributed by atoms with Crippen molar-refractivity contribution >= 4 is 0 Å². The minimum absolute atomic E-state index is 0.0474. The predicted molar refractivity (Wildman–Crippen MR) is 83.9 cm³/mol. The highest BCUT2D eigenvalue weighted by Gasteiger charge is 2.10. The second-order valence-corrected chi connectivity index (χ2v) is 5.34. The molecule has 0 aromatic heterocycles. The minimum atomic E-state index is -0.286. The van der Waals surface area contributed by atoms with E-state index in [1.807, 2.05) is 50.2 Å². The maximum Gasteiger partial charge on any atom is 0.127 e. The van der Waals surface area contributed by atoms with Gasteiger partial charge in [0.05, 0.1) is 0 Å². The van der Waals surface area contributed by atoms with E-state index in [4.69, 9.17) is 10.5 Å². The first-order valence-corrected chi connectivity index (χ1v) is 7.35. The standard InChI is InChI=1S/C18H22FNO/c1-3-17(20)10-14-9-16(19)12-18(11-14)21-13(2)15-7-5-4-6-8-15/h4-9,11-13,17H,3,10,20H2,1-2H3. The van der Waals surface area contributed by atoms with Crippen LogP contribution in [0.2, 0.25) is 0 Å². The third-order valence-corrected chi connectivity index (χ3v) is 3.54. The van der Waals surface area contributed by atoms with Crippen molar-refractivity contribution in [3.05, 3.63) is 65.5 Å². The lowest BCUT2D eigenvalue weighted by Crippen LogP contribution is -2.21. The van der Waals surface area contributed by atoms with Gasteiger partial charge in [-0.05, 0) is 43.0 Å². The molecule has 112 valence electrons. The summed E-state index contributed by atoms with van der Waals surface area (Å²) in [5.41, 5.74) is 7.87. The van der Waals surface area contributed by atoms with Crippen LogP contribution in [0.1, 0.15) is 37.5 Å². The molecule has 0 heterocycles. The van der Waals surface area contributed by atoms with Crippen LogP contribution in [0.25, 0.3) is 0 Å². The van der Waals surface area contributed by atoms with E-state index in [0.717, 1.165) is 17.5 Å². The molecule has 2 aromatic carbocycles. The summed E-state index contributed by atoms with van der Waals surface area (Å²) in [6.45, 7) is 3.98. The molecule has 0 aliphatic rings. The van der Waals surface area contributed by atoms with Crippen LogP contribution in [-0.2, 0) is 6.42 Å². The summed E-state index contributed by atoms with van der Waals surface area (Å²) in [6.07, 6.45) is 1.40. The summed E-state index contributed by atoms with van der Waals surface area (Å²) in [5, 5.41) is 0. The number of hydrogen-bond acceptors (Lipinski definition) is 2. The molecule has 3 heteroatoms. The quantitative estimate of drug-likeness (QED) is 0.862. The molecular formula is C18H22FNO. The first-order chi connectivity index (χ1) is 10.1. The van der Waals surface area contributed by atoms with Crippen molar-refractivity contribution in [1.82, 2.24) is 0 Å². The van der Waals surface area contributed by atoms with Crippen LogP contribution >= 0.6 is 0 Å². The molecule has 2 rings (SSSR count). The van der Waals surface area contributed by atoms with Gasteiger partial charge >= 0.3 is 0 Å². The van der Waals surface area contributed by atoms with E-state index < -0.39 is 0 Å². The molecule has 0 bridgehead atoms. The Morgan fingerprint density at radius 3 is 2.52 bits per heavy atom. The van der Waals surface area contributed by atoms with Gasteiger partial charge in [0, 0.05) is 12.1 Å². The van der Waals surface area contributed by atoms with Gasteiger partial charge in [-0.15, -0.1) is 0 Å². The van der Waals surface area contributed by atoms with E-state index in [-0.39, 0.29) is 18.0 Å². The maximum absolute atomic E-state index is 13.7. The van der Waals surface area contributed by atoms with Gasteiger partial charge in [-0.25, -0.2) is 4.39 Å². The molecule has 0 amide bonds. The number of ether oxygens (including phenoxy) is 1.